The van der Waals surface area contributed by atoms with E-state index in [1.165, 1.54) is 4.90 Å². The van der Waals surface area contributed by atoms with Crippen LogP contribution in [0.25, 0.3) is 0 Å². The maximum absolute atomic E-state index is 12.1. The van der Waals surface area contributed by atoms with Crippen molar-refractivity contribution in [3.63, 3.8) is 0 Å². The molecule has 3 nitrogen and oxygen atoms in total. The third-order valence-electron chi connectivity index (χ3n) is 3.46. The van der Waals surface area contributed by atoms with Gasteiger partial charge >= 0.3 is 5.97 Å². The Morgan fingerprint density at radius 1 is 1.44 bits per heavy atom. The molecular formula is C14H19BrNO2+. The van der Waals surface area contributed by atoms with Crippen molar-refractivity contribution in [1.82, 2.24) is 0 Å². The van der Waals surface area contributed by atoms with Crippen molar-refractivity contribution in [2.75, 3.05) is 13.6 Å². The fourth-order valence-electron chi connectivity index (χ4n) is 2.24. The minimum atomic E-state index is -0.401. The van der Waals surface area contributed by atoms with Gasteiger partial charge in [-0.1, -0.05) is 46.3 Å². The Hall–Kier alpha value is -0.870. The molecule has 4 heteroatoms. The van der Waals surface area contributed by atoms with Gasteiger partial charge in [-0.3, -0.25) is 4.79 Å². The second-order valence-corrected chi connectivity index (χ2v) is 6.32. The van der Waals surface area contributed by atoms with Crippen LogP contribution in [0.5, 0.6) is 0 Å². The number of ether oxygens (including phenoxy) is 1. The van der Waals surface area contributed by atoms with Crippen LogP contribution in [0, 0.1) is 0 Å². The monoisotopic (exact) mass is 312 g/mol. The number of quaternary nitrogens is 1. The Morgan fingerprint density at radius 3 is 2.50 bits per heavy atom. The average Bonchev–Trinajstić information content (AvgIpc) is 3.07. The summed E-state index contributed by atoms with van der Waals surface area (Å²) < 4.78 is 5.64. The van der Waals surface area contributed by atoms with Gasteiger partial charge in [-0.15, -0.1) is 0 Å². The number of nitrogens with one attached hydrogen (secondary N) is 1. The lowest BCUT2D eigenvalue weighted by atomic mass is 10.1. The van der Waals surface area contributed by atoms with Crippen LogP contribution in [0.3, 0.4) is 0 Å². The van der Waals surface area contributed by atoms with Crippen molar-refractivity contribution in [2.24, 2.45) is 0 Å². The molecule has 0 amide bonds. The molecule has 0 spiro atoms. The molecule has 3 unspecified atom stereocenters. The van der Waals surface area contributed by atoms with Gasteiger partial charge in [-0.25, -0.2) is 0 Å². The standard InChI is InChI=1S/C14H18BrNO2/c1-14(2,11-9-16(11)3)18-13(17)12(15)10-7-5-4-6-8-10/h4-8,11-12H,9H2,1-3H3/p+1. The number of benzene rings is 1. The Labute approximate surface area is 116 Å². The zero-order valence-corrected chi connectivity index (χ0v) is 12.5. The minimum Gasteiger partial charge on any atom is -0.452 e. The predicted molar refractivity (Wildman–Crippen MR) is 73.8 cm³/mol. The van der Waals surface area contributed by atoms with Crippen LogP contribution in [-0.2, 0) is 9.53 Å². The van der Waals surface area contributed by atoms with Crippen LogP contribution >= 0.6 is 15.9 Å². The molecule has 1 heterocycles. The fourth-order valence-corrected chi connectivity index (χ4v) is 2.64. The lowest BCUT2D eigenvalue weighted by molar-refractivity contribution is -0.755. The van der Waals surface area contributed by atoms with E-state index >= 15 is 0 Å². The fraction of sp³-hybridized carbons (Fsp3) is 0.500. The number of hydrogen-bond donors (Lipinski definition) is 1. The van der Waals surface area contributed by atoms with Gasteiger partial charge in [0.2, 0.25) is 0 Å². The second-order valence-electron chi connectivity index (χ2n) is 5.40. The van der Waals surface area contributed by atoms with E-state index < -0.39 is 10.4 Å². The molecule has 0 saturated carbocycles. The molecule has 1 aliphatic rings. The number of likely N-dealkylation sites (N-methyl/N-ethyl adjacent to an activating group) is 1. The van der Waals surface area contributed by atoms with Crippen LogP contribution in [-0.4, -0.2) is 31.2 Å². The van der Waals surface area contributed by atoms with E-state index in [2.05, 4.69) is 23.0 Å². The zero-order chi connectivity index (χ0) is 13.3. The van der Waals surface area contributed by atoms with Crippen LogP contribution in [0.15, 0.2) is 30.3 Å². The minimum absolute atomic E-state index is 0.217. The van der Waals surface area contributed by atoms with E-state index in [9.17, 15) is 4.79 Å². The molecule has 2 rings (SSSR count). The Balaban J connectivity index is 2.00. The van der Waals surface area contributed by atoms with Gasteiger partial charge in [-0.2, -0.15) is 0 Å². The first kappa shape index (κ1) is 13.6. The molecule has 1 aromatic carbocycles. The summed E-state index contributed by atoms with van der Waals surface area (Å²) in [5, 5.41) is 0. The summed E-state index contributed by atoms with van der Waals surface area (Å²) in [7, 11) is 2.11. The van der Waals surface area contributed by atoms with E-state index in [0.29, 0.717) is 6.04 Å². The summed E-state index contributed by atoms with van der Waals surface area (Å²) in [6.45, 7) is 5.03. The van der Waals surface area contributed by atoms with Gasteiger partial charge in [-0.05, 0) is 19.4 Å². The first-order valence-corrected chi connectivity index (χ1v) is 7.07. The normalized spacial score (nSPS) is 24.4. The molecule has 1 fully saturated rings. The van der Waals surface area contributed by atoms with Crippen LogP contribution < -0.4 is 4.90 Å². The smallest absolute Gasteiger partial charge is 0.325 e. The SMILES string of the molecule is C[NH+]1CC1C(C)(C)OC(=O)C(Br)c1ccccc1. The topological polar surface area (TPSA) is 30.7 Å². The molecule has 0 radical (unpaired) electrons. The van der Waals surface area contributed by atoms with Gasteiger partial charge < -0.3 is 9.64 Å². The molecule has 98 valence electrons. The molecule has 1 saturated heterocycles. The predicted octanol–water partition coefficient (Wildman–Crippen LogP) is 1.34. The number of alkyl halides is 1. The Bertz CT molecular complexity index is 433. The summed E-state index contributed by atoms with van der Waals surface area (Å²) in [4.78, 5) is 13.1. The first-order valence-electron chi connectivity index (χ1n) is 6.16. The zero-order valence-electron chi connectivity index (χ0n) is 10.9. The Kier molecular flexibility index (Phi) is 3.78. The van der Waals surface area contributed by atoms with E-state index in [0.717, 1.165) is 12.1 Å². The largest absolute Gasteiger partial charge is 0.452 e. The van der Waals surface area contributed by atoms with Gasteiger partial charge in [0, 0.05) is 0 Å². The summed E-state index contributed by atoms with van der Waals surface area (Å²) in [5.74, 6) is -0.217. The summed E-state index contributed by atoms with van der Waals surface area (Å²) >= 11 is 3.41. The lowest BCUT2D eigenvalue weighted by Gasteiger charge is -2.23. The van der Waals surface area contributed by atoms with E-state index in [4.69, 9.17) is 4.74 Å². The maximum atomic E-state index is 12.1. The van der Waals surface area contributed by atoms with E-state index in [1.807, 2.05) is 44.2 Å². The molecule has 18 heavy (non-hydrogen) atoms. The summed E-state index contributed by atoms with van der Waals surface area (Å²) in [5.41, 5.74) is 0.525. The van der Waals surface area contributed by atoms with Gasteiger partial charge in [0.1, 0.15) is 11.4 Å². The molecule has 0 aliphatic carbocycles. The number of carbonyl (C=O) groups excluding carboxylic acids is 1. The molecule has 1 aliphatic heterocycles. The highest BCUT2D eigenvalue weighted by atomic mass is 79.9. The maximum Gasteiger partial charge on any atom is 0.325 e. The van der Waals surface area contributed by atoms with E-state index in [1.54, 1.807) is 0 Å². The van der Waals surface area contributed by atoms with Crippen LogP contribution in [0.4, 0.5) is 0 Å². The number of rotatable bonds is 4. The molecule has 0 aromatic heterocycles. The highest BCUT2D eigenvalue weighted by molar-refractivity contribution is 9.09. The lowest BCUT2D eigenvalue weighted by Crippen LogP contribution is -2.92. The van der Waals surface area contributed by atoms with Crippen molar-refractivity contribution in [2.45, 2.75) is 30.3 Å². The van der Waals surface area contributed by atoms with Crippen LogP contribution in [0.1, 0.15) is 24.2 Å². The molecule has 1 N–H and O–H groups in total. The summed E-state index contributed by atoms with van der Waals surface area (Å²) in [6.07, 6.45) is 0. The van der Waals surface area contributed by atoms with Crippen molar-refractivity contribution in [3.05, 3.63) is 35.9 Å². The first-order chi connectivity index (χ1) is 8.42. The highest BCUT2D eigenvalue weighted by Gasteiger charge is 2.52. The molecule has 0 bridgehead atoms. The number of carbonyl (C=O) groups is 1. The summed E-state index contributed by atoms with van der Waals surface area (Å²) in [6, 6.07) is 10.0. The van der Waals surface area contributed by atoms with Gasteiger partial charge in [0.05, 0.1) is 7.05 Å². The molecular weight excluding hydrogens is 294 g/mol. The average molecular weight is 313 g/mol. The number of hydrogen-bond acceptors (Lipinski definition) is 2. The number of esters is 1. The van der Waals surface area contributed by atoms with Gasteiger partial charge in [0.25, 0.3) is 0 Å². The van der Waals surface area contributed by atoms with Crippen LogP contribution in [0.2, 0.25) is 0 Å². The number of halogens is 1. The van der Waals surface area contributed by atoms with Gasteiger partial charge in [0.15, 0.2) is 11.6 Å². The van der Waals surface area contributed by atoms with Crippen molar-refractivity contribution < 1.29 is 14.4 Å². The molecule has 3 atom stereocenters. The van der Waals surface area contributed by atoms with E-state index in [-0.39, 0.29) is 5.97 Å². The van der Waals surface area contributed by atoms with Crippen molar-refractivity contribution >= 4 is 21.9 Å². The highest BCUT2D eigenvalue weighted by Crippen LogP contribution is 2.27. The van der Waals surface area contributed by atoms with Crippen molar-refractivity contribution in [3.8, 4) is 0 Å². The van der Waals surface area contributed by atoms with Crippen molar-refractivity contribution in [1.29, 1.82) is 0 Å². The quantitative estimate of drug-likeness (QED) is 0.517. The Morgan fingerprint density at radius 2 is 2.00 bits per heavy atom. The third kappa shape index (κ3) is 2.93. The molecule has 1 aromatic rings. The second kappa shape index (κ2) is 5.02. The third-order valence-corrected chi connectivity index (χ3v) is 4.37.